The molecule has 0 N–H and O–H groups in total. The van der Waals surface area contributed by atoms with E-state index in [1.807, 2.05) is 0 Å². The van der Waals surface area contributed by atoms with Gasteiger partial charge in [0.15, 0.2) is 0 Å². The molecule has 0 atom stereocenters. The first-order valence-electron chi connectivity index (χ1n) is 2.85. The molecule has 0 aromatic heterocycles. The molecule has 0 fully saturated rings. The number of hydrogen-bond donors (Lipinski definition) is 0. The van der Waals surface area contributed by atoms with E-state index in [1.54, 1.807) is 0 Å². The Hall–Kier alpha value is -0.0265. The van der Waals surface area contributed by atoms with Crippen molar-refractivity contribution in [3.63, 3.8) is 0 Å². The minimum absolute atomic E-state index is 1.02. The quantitative estimate of drug-likeness (QED) is 0.504. The Bertz CT molecular complexity index is 142. The van der Waals surface area contributed by atoms with Crippen LogP contribution in [0, 0.1) is 0 Å². The molecular weight excluding hydrogens is 143 g/mol. The molecule has 0 nitrogen and oxygen atoms in total. The van der Waals surface area contributed by atoms with Crippen molar-refractivity contribution in [3.05, 3.63) is 22.3 Å². The van der Waals surface area contributed by atoms with Gasteiger partial charge in [-0.1, -0.05) is 0 Å². The molecule has 0 spiro atoms. The van der Waals surface area contributed by atoms with Crippen LogP contribution in [0.25, 0.3) is 0 Å². The van der Waals surface area contributed by atoms with Gasteiger partial charge in [-0.2, -0.15) is 0 Å². The first-order chi connectivity index (χ1) is 3.84. The molecule has 0 bridgehead atoms. The van der Waals surface area contributed by atoms with Gasteiger partial charge in [0.05, 0.1) is 0 Å². The molecule has 0 saturated carbocycles. The van der Waals surface area contributed by atoms with Crippen molar-refractivity contribution in [1.82, 2.24) is 0 Å². The molecule has 1 heteroatoms. The summed E-state index contributed by atoms with van der Waals surface area (Å²) >= 11 is 4.76. The predicted molar refractivity (Wildman–Crippen MR) is 31.1 cm³/mol. The van der Waals surface area contributed by atoms with E-state index >= 15 is 0 Å². The fourth-order valence-corrected chi connectivity index (χ4v) is 1.19. The second-order valence-electron chi connectivity index (χ2n) is 1.85. The SMILES string of the molecule is CCC1=[C]([Ni])CC=C1. The zero-order valence-electron chi connectivity index (χ0n) is 4.89. The second kappa shape index (κ2) is 2.50. The summed E-state index contributed by atoms with van der Waals surface area (Å²) < 4.78 is 1.17. The van der Waals surface area contributed by atoms with E-state index in [4.69, 9.17) is 15.5 Å². The summed E-state index contributed by atoms with van der Waals surface area (Å²) in [5, 5.41) is 0. The summed E-state index contributed by atoms with van der Waals surface area (Å²) in [6, 6.07) is 0. The molecule has 0 radical (unpaired) electrons. The number of hydrogen-bond acceptors (Lipinski definition) is 0. The average Bonchev–Trinajstić information content (AvgIpc) is 2.14. The Labute approximate surface area is 58.0 Å². The molecule has 0 unspecified atom stereocenters. The molecular formula is C7H9Ni. The van der Waals surface area contributed by atoms with Crippen LogP contribution in [-0.4, -0.2) is 0 Å². The summed E-state index contributed by atoms with van der Waals surface area (Å²) in [6.07, 6.45) is 6.39. The molecule has 0 aliphatic heterocycles. The Morgan fingerprint density at radius 2 is 2.50 bits per heavy atom. The molecule has 0 aromatic carbocycles. The molecule has 1 aliphatic rings. The monoisotopic (exact) mass is 151 g/mol. The normalized spacial score (nSPS) is 18.4. The van der Waals surface area contributed by atoms with Gasteiger partial charge in [0.25, 0.3) is 0 Å². The van der Waals surface area contributed by atoms with E-state index in [1.165, 1.54) is 10.1 Å². The van der Waals surface area contributed by atoms with E-state index < -0.39 is 0 Å². The van der Waals surface area contributed by atoms with Crippen LogP contribution in [0.15, 0.2) is 22.3 Å². The minimum atomic E-state index is 1.02. The zero-order valence-corrected chi connectivity index (χ0v) is 5.87. The standard InChI is InChI=1S/C7H9.Ni/c1-2-7-5-3-4-6-7;/h3,5H,2,4H2,1H3;. The van der Waals surface area contributed by atoms with Gasteiger partial charge in [-0.05, 0) is 0 Å². The maximum atomic E-state index is 4.76. The van der Waals surface area contributed by atoms with Crippen LogP contribution in [0.3, 0.4) is 0 Å². The van der Waals surface area contributed by atoms with Crippen molar-refractivity contribution in [2.45, 2.75) is 19.8 Å². The van der Waals surface area contributed by atoms with Gasteiger partial charge in [-0.15, -0.1) is 0 Å². The van der Waals surface area contributed by atoms with Crippen LogP contribution < -0.4 is 0 Å². The summed E-state index contributed by atoms with van der Waals surface area (Å²) in [6.45, 7) is 2.14. The van der Waals surface area contributed by atoms with Crippen LogP contribution in [0.1, 0.15) is 19.8 Å². The topological polar surface area (TPSA) is 0 Å². The van der Waals surface area contributed by atoms with E-state index in [0.717, 1.165) is 12.8 Å². The molecule has 0 amide bonds. The Kier molecular flexibility index (Phi) is 1.91. The summed E-state index contributed by atoms with van der Waals surface area (Å²) in [5.74, 6) is 0. The molecule has 8 heavy (non-hydrogen) atoms. The van der Waals surface area contributed by atoms with Crippen molar-refractivity contribution in [2.75, 3.05) is 0 Å². The van der Waals surface area contributed by atoms with Crippen LogP contribution in [-0.2, 0) is 15.5 Å². The van der Waals surface area contributed by atoms with Crippen molar-refractivity contribution in [2.24, 2.45) is 0 Å². The van der Waals surface area contributed by atoms with E-state index in [2.05, 4.69) is 19.1 Å². The molecule has 1 aliphatic carbocycles. The van der Waals surface area contributed by atoms with Crippen molar-refractivity contribution in [3.8, 4) is 0 Å². The van der Waals surface area contributed by atoms with Crippen molar-refractivity contribution < 1.29 is 15.5 Å². The van der Waals surface area contributed by atoms with Gasteiger partial charge in [-0.3, -0.25) is 0 Å². The fourth-order valence-electron chi connectivity index (χ4n) is 0.813. The van der Waals surface area contributed by atoms with Gasteiger partial charge < -0.3 is 0 Å². The van der Waals surface area contributed by atoms with Crippen LogP contribution >= 0.6 is 0 Å². The summed E-state index contributed by atoms with van der Waals surface area (Å²) in [5.41, 5.74) is 1.37. The van der Waals surface area contributed by atoms with Gasteiger partial charge >= 0.3 is 57.5 Å². The fraction of sp³-hybridized carbons (Fsp3) is 0.429. The molecule has 1 rings (SSSR count). The van der Waals surface area contributed by atoms with Gasteiger partial charge in [0, 0.05) is 0 Å². The number of allylic oxidation sites excluding steroid dienone is 4. The Morgan fingerprint density at radius 1 is 1.75 bits per heavy atom. The first-order valence-corrected chi connectivity index (χ1v) is 3.35. The van der Waals surface area contributed by atoms with Crippen molar-refractivity contribution >= 4 is 0 Å². The van der Waals surface area contributed by atoms with E-state index in [-0.39, 0.29) is 0 Å². The predicted octanol–water partition coefficient (Wildman–Crippen LogP) is 2.16. The van der Waals surface area contributed by atoms with Gasteiger partial charge in [0.1, 0.15) is 0 Å². The third-order valence-electron chi connectivity index (χ3n) is 1.31. The van der Waals surface area contributed by atoms with Crippen LogP contribution in [0.5, 0.6) is 0 Å². The van der Waals surface area contributed by atoms with E-state index in [0.29, 0.717) is 0 Å². The molecule has 47 valence electrons. The summed E-state index contributed by atoms with van der Waals surface area (Å²) in [4.78, 5) is 0. The zero-order chi connectivity index (χ0) is 5.98. The molecule has 0 saturated heterocycles. The summed E-state index contributed by atoms with van der Waals surface area (Å²) in [7, 11) is 0. The average molecular weight is 152 g/mol. The maximum absolute atomic E-state index is 4.76. The Balaban J connectivity index is 2.70. The third-order valence-corrected chi connectivity index (χ3v) is 1.83. The third kappa shape index (κ3) is 1.03. The van der Waals surface area contributed by atoms with Crippen LogP contribution in [0.4, 0.5) is 0 Å². The molecule has 0 aromatic rings. The van der Waals surface area contributed by atoms with E-state index in [9.17, 15) is 0 Å². The first kappa shape index (κ1) is 6.10. The molecule has 0 heterocycles. The number of rotatable bonds is 1. The second-order valence-corrected chi connectivity index (χ2v) is 2.45. The van der Waals surface area contributed by atoms with Gasteiger partial charge in [-0.25, -0.2) is 0 Å². The Morgan fingerprint density at radius 3 is 2.75 bits per heavy atom. The van der Waals surface area contributed by atoms with Gasteiger partial charge in [0.2, 0.25) is 0 Å². The van der Waals surface area contributed by atoms with Crippen molar-refractivity contribution in [1.29, 1.82) is 0 Å². The van der Waals surface area contributed by atoms with Crippen LogP contribution in [0.2, 0.25) is 0 Å².